The van der Waals surface area contributed by atoms with Crippen LogP contribution < -0.4 is 0 Å². The third-order valence-electron chi connectivity index (χ3n) is 14.3. The summed E-state index contributed by atoms with van der Waals surface area (Å²) in [7, 11) is 0. The van der Waals surface area contributed by atoms with E-state index in [1.165, 1.54) is 76.8 Å². The zero-order valence-electron chi connectivity index (χ0n) is 40.8. The van der Waals surface area contributed by atoms with E-state index in [-0.39, 0.29) is 20.1 Å². The molecule has 0 atom stereocenters. The van der Waals surface area contributed by atoms with Gasteiger partial charge in [-0.25, -0.2) is 0 Å². The molecule has 12 aromatic rings. The number of nitrogens with zero attached hydrogens (tertiary/aromatic N) is 3. The van der Waals surface area contributed by atoms with Crippen LogP contribution in [0.2, 0.25) is 0 Å². The van der Waals surface area contributed by atoms with E-state index in [0.717, 1.165) is 81.7 Å². The summed E-state index contributed by atoms with van der Waals surface area (Å²) in [5, 5.41) is 7.53. The van der Waals surface area contributed by atoms with E-state index >= 15 is 0 Å². The molecular formula is C69H50IrN3. The maximum absolute atomic E-state index is 5.18. The molecule has 0 saturated carbocycles. The summed E-state index contributed by atoms with van der Waals surface area (Å²) in [4.78, 5) is 15.0. The SMILES string of the molecule is Cc1cc(-c2[c-]cccc2)ncc1CCc1cc(CCc2cnc(-c3[c-]cccc3)cc2C)cc(-c2ccccc2-c2cnc(-c3[c-]cccc3)cc2-c2ccc3c4ccccc4c4ccccc4c3c2)c1.[Ir+3]. The second kappa shape index (κ2) is 20.9. The third-order valence-corrected chi connectivity index (χ3v) is 14.3. The van der Waals surface area contributed by atoms with Crippen molar-refractivity contribution in [3.05, 3.63) is 270 Å². The van der Waals surface area contributed by atoms with Gasteiger partial charge in [-0.15, -0.1) is 108 Å². The molecule has 9 aromatic carbocycles. The predicted molar refractivity (Wildman–Crippen MR) is 299 cm³/mol. The molecule has 3 aromatic heterocycles. The minimum Gasteiger partial charge on any atom is -0.304 e. The number of aromatic nitrogens is 3. The topological polar surface area (TPSA) is 38.7 Å². The molecule has 73 heavy (non-hydrogen) atoms. The summed E-state index contributed by atoms with van der Waals surface area (Å²) >= 11 is 0. The minimum atomic E-state index is 0. The van der Waals surface area contributed by atoms with E-state index in [9.17, 15) is 0 Å². The monoisotopic (exact) mass is 1110 g/mol. The number of benzene rings is 9. The van der Waals surface area contributed by atoms with Gasteiger partial charge in [-0.2, -0.15) is 0 Å². The van der Waals surface area contributed by atoms with Crippen molar-refractivity contribution in [2.75, 3.05) is 0 Å². The smallest absolute Gasteiger partial charge is 0.304 e. The Bertz CT molecular complexity index is 3800. The third kappa shape index (κ3) is 9.68. The molecule has 3 heterocycles. The van der Waals surface area contributed by atoms with Crippen LogP contribution in [0.5, 0.6) is 0 Å². The summed E-state index contributed by atoms with van der Waals surface area (Å²) in [6.07, 6.45) is 9.70. The molecule has 0 N–H and O–H groups in total. The standard InChI is InChI=1S/C69H50N3.Ir/c1-46-36-67(50-18-6-3-7-19-50)70-43-54(46)32-30-48-38-49(31-33-55-44-71-68(37-47(55)2)51-20-8-4-9-21-51)40-56(39-48)57-24-12-13-25-58(57)66-45-72-69(52-22-10-5-11-23-52)42-64(66)53-34-35-63-61-28-15-14-26-59(61)60-27-16-17-29-62(60)65(63)41-53;/h3-18,20,22,24-29,34-45H,30-33H2,1-2H3;/q-3;+3. The van der Waals surface area contributed by atoms with E-state index < -0.39 is 0 Å². The molecule has 350 valence electrons. The number of aryl methyl sites for hydroxylation is 6. The molecule has 0 unspecified atom stereocenters. The summed E-state index contributed by atoms with van der Waals surface area (Å²) in [6.45, 7) is 4.40. The van der Waals surface area contributed by atoms with Crippen molar-refractivity contribution in [1.29, 1.82) is 0 Å². The average Bonchev–Trinajstić information content (AvgIpc) is 3.45. The van der Waals surface area contributed by atoms with Crippen molar-refractivity contribution in [3.63, 3.8) is 0 Å². The Morgan fingerprint density at radius 1 is 0.329 bits per heavy atom. The van der Waals surface area contributed by atoms with Gasteiger partial charge in [0.1, 0.15) is 0 Å². The molecule has 0 fully saturated rings. The zero-order chi connectivity index (χ0) is 48.4. The molecule has 0 aliphatic carbocycles. The van der Waals surface area contributed by atoms with Crippen molar-refractivity contribution in [1.82, 2.24) is 15.0 Å². The molecule has 4 heteroatoms. The van der Waals surface area contributed by atoms with Crippen LogP contribution in [0.4, 0.5) is 0 Å². The van der Waals surface area contributed by atoms with E-state index in [0.29, 0.717) is 0 Å². The van der Waals surface area contributed by atoms with E-state index in [4.69, 9.17) is 15.0 Å². The molecule has 12 rings (SSSR count). The summed E-state index contributed by atoms with van der Waals surface area (Å²) in [5.41, 5.74) is 20.2. The first-order valence-electron chi connectivity index (χ1n) is 24.9. The summed E-state index contributed by atoms with van der Waals surface area (Å²) < 4.78 is 0. The van der Waals surface area contributed by atoms with Crippen molar-refractivity contribution >= 4 is 32.3 Å². The Kier molecular flexibility index (Phi) is 13.5. The molecule has 0 saturated heterocycles. The van der Waals surface area contributed by atoms with Crippen LogP contribution in [-0.4, -0.2) is 15.0 Å². The van der Waals surface area contributed by atoms with Gasteiger partial charge in [0.15, 0.2) is 0 Å². The maximum Gasteiger partial charge on any atom is 3.00 e. The van der Waals surface area contributed by atoms with Crippen LogP contribution in [0.25, 0.3) is 99.5 Å². The fourth-order valence-corrected chi connectivity index (χ4v) is 10.5. The molecule has 0 amide bonds. The maximum atomic E-state index is 5.18. The van der Waals surface area contributed by atoms with Gasteiger partial charge in [0.05, 0.1) is 0 Å². The Balaban J connectivity index is 0.00000574. The molecule has 0 aliphatic heterocycles. The number of hydrogen-bond acceptors (Lipinski definition) is 3. The van der Waals surface area contributed by atoms with Gasteiger partial charge in [0.25, 0.3) is 0 Å². The second-order valence-corrected chi connectivity index (χ2v) is 18.9. The predicted octanol–water partition coefficient (Wildman–Crippen LogP) is 16.9. The molecule has 0 bridgehead atoms. The van der Waals surface area contributed by atoms with Crippen molar-refractivity contribution in [2.24, 2.45) is 0 Å². The number of pyridine rings is 3. The largest absolute Gasteiger partial charge is 3.00 e. The van der Waals surface area contributed by atoms with Crippen LogP contribution in [0.3, 0.4) is 0 Å². The number of fused-ring (bicyclic) bond motifs is 6. The van der Waals surface area contributed by atoms with Crippen LogP contribution >= 0.6 is 0 Å². The van der Waals surface area contributed by atoms with Crippen molar-refractivity contribution in [2.45, 2.75) is 39.5 Å². The fourth-order valence-electron chi connectivity index (χ4n) is 10.5. The van der Waals surface area contributed by atoms with Gasteiger partial charge < -0.3 is 15.0 Å². The Labute approximate surface area is 441 Å². The zero-order valence-corrected chi connectivity index (χ0v) is 43.2. The van der Waals surface area contributed by atoms with Gasteiger partial charge in [-0.3, -0.25) is 0 Å². The number of rotatable bonds is 12. The molecule has 3 nitrogen and oxygen atoms in total. The Morgan fingerprint density at radius 3 is 1.26 bits per heavy atom. The number of hydrogen-bond donors (Lipinski definition) is 0. The van der Waals surface area contributed by atoms with Crippen LogP contribution in [0.1, 0.15) is 33.4 Å². The average molecular weight is 1110 g/mol. The Hall–Kier alpha value is -8.14. The molecule has 0 spiro atoms. The Morgan fingerprint density at radius 2 is 0.767 bits per heavy atom. The van der Waals surface area contributed by atoms with Crippen LogP contribution in [0.15, 0.2) is 219 Å². The van der Waals surface area contributed by atoms with Gasteiger partial charge in [-0.05, 0) is 145 Å². The first-order valence-corrected chi connectivity index (χ1v) is 24.9. The molecule has 0 aliphatic rings. The van der Waals surface area contributed by atoms with E-state index in [2.05, 4.69) is 202 Å². The van der Waals surface area contributed by atoms with Gasteiger partial charge >= 0.3 is 20.1 Å². The van der Waals surface area contributed by atoms with Crippen molar-refractivity contribution in [3.8, 4) is 67.2 Å². The first kappa shape index (κ1) is 47.2. The quantitative estimate of drug-likeness (QED) is 0.0904. The first-order chi connectivity index (χ1) is 35.5. The van der Waals surface area contributed by atoms with Crippen molar-refractivity contribution < 1.29 is 20.1 Å². The summed E-state index contributed by atoms with van der Waals surface area (Å²) in [5.74, 6) is 0. The van der Waals surface area contributed by atoms with Gasteiger partial charge in [-0.1, -0.05) is 132 Å². The van der Waals surface area contributed by atoms with E-state index in [1.807, 2.05) is 48.5 Å². The fraction of sp³-hybridized carbons (Fsp3) is 0.0870. The van der Waals surface area contributed by atoms with Crippen LogP contribution in [0, 0.1) is 32.0 Å². The molecular weight excluding hydrogens is 1060 g/mol. The van der Waals surface area contributed by atoms with E-state index in [1.54, 1.807) is 0 Å². The molecule has 0 radical (unpaired) electrons. The second-order valence-electron chi connectivity index (χ2n) is 18.9. The van der Waals surface area contributed by atoms with Gasteiger partial charge in [0.2, 0.25) is 0 Å². The minimum absolute atomic E-state index is 0. The normalized spacial score (nSPS) is 11.3. The van der Waals surface area contributed by atoms with Gasteiger partial charge in [0, 0.05) is 24.2 Å². The summed E-state index contributed by atoms with van der Waals surface area (Å²) in [6, 6.07) is 81.7. The van der Waals surface area contributed by atoms with Crippen LogP contribution in [-0.2, 0) is 45.8 Å².